The van der Waals surface area contributed by atoms with Crippen LogP contribution < -0.4 is 0 Å². The summed E-state index contributed by atoms with van der Waals surface area (Å²) in [6.07, 6.45) is 4.12. The summed E-state index contributed by atoms with van der Waals surface area (Å²) in [7, 11) is 0. The van der Waals surface area contributed by atoms with Gasteiger partial charge in [-0.15, -0.1) is 0 Å². The third-order valence-electron chi connectivity index (χ3n) is 1.01. The monoisotopic (exact) mass is 296 g/mol. The fourth-order valence-corrected chi connectivity index (χ4v) is 0.497. The first-order valence-electron chi connectivity index (χ1n) is 4.00. The van der Waals surface area contributed by atoms with Crippen molar-refractivity contribution in [3.63, 3.8) is 0 Å². The Bertz CT molecular complexity index is 185. The molecule has 1 N–H and O–H groups in total. The molecular formula is C11H12FeO6+. The number of hydrogen-bond acceptors (Lipinski definition) is 3. The van der Waals surface area contributed by atoms with Gasteiger partial charge in [-0.1, -0.05) is 6.47 Å². The minimum Gasteiger partial charge on any atom is 2.00 e. The van der Waals surface area contributed by atoms with Crippen LogP contribution in [0, 0.1) is 39.2 Å². The second-order valence-electron chi connectivity index (χ2n) is 2.22. The van der Waals surface area contributed by atoms with Gasteiger partial charge in [0, 0.05) is 6.42 Å². The van der Waals surface area contributed by atoms with E-state index in [4.69, 9.17) is 19.1 Å². The Hall–Kier alpha value is -0.831. The number of aliphatic hydroxyl groups excluding tert-OH is 1. The number of aliphatic hydroxyl groups is 1. The summed E-state index contributed by atoms with van der Waals surface area (Å²) >= 11 is 0. The standard InChI is InChI=1S/C8H12O3.3CO.Fe/c1-7(10)4-3-5-8(2)11-6-9;3*1-2;/h3-5,7-8,10H,1-2H3;;;;/q-1;;;;+2/t7-,8+;;;;/m1..../s1. The Morgan fingerprint density at radius 3 is 1.78 bits per heavy atom. The molecule has 6 nitrogen and oxygen atoms in total. The molecule has 0 aliphatic heterocycles. The Morgan fingerprint density at radius 2 is 1.50 bits per heavy atom. The van der Waals surface area contributed by atoms with Gasteiger partial charge >= 0.3 is 51.0 Å². The molecule has 2 atom stereocenters. The van der Waals surface area contributed by atoms with Gasteiger partial charge in [0.05, 0.1) is 12.2 Å². The predicted octanol–water partition coefficient (Wildman–Crippen LogP) is 0.337. The van der Waals surface area contributed by atoms with Crippen LogP contribution in [0.1, 0.15) is 13.8 Å². The maximum Gasteiger partial charge on any atom is 2.00 e. The summed E-state index contributed by atoms with van der Waals surface area (Å²) in [5.74, 6) is 0. The maximum absolute atomic E-state index is 9.67. The van der Waals surface area contributed by atoms with Crippen molar-refractivity contribution < 1.29 is 45.7 Å². The zero-order valence-corrected chi connectivity index (χ0v) is 10.8. The molecule has 0 spiro atoms. The van der Waals surface area contributed by atoms with E-state index in [1.807, 2.05) is 0 Å². The molecule has 0 saturated carbocycles. The molecule has 0 aromatic rings. The van der Waals surface area contributed by atoms with Crippen LogP contribution in [0.5, 0.6) is 0 Å². The minimum atomic E-state index is -0.473. The van der Waals surface area contributed by atoms with Gasteiger partial charge in [-0.2, -0.15) is 0 Å². The molecule has 0 amide bonds. The molecule has 0 unspecified atom stereocenters. The van der Waals surface area contributed by atoms with E-state index in [1.54, 1.807) is 33.1 Å². The van der Waals surface area contributed by atoms with Gasteiger partial charge in [0.2, 0.25) is 0 Å². The van der Waals surface area contributed by atoms with Gasteiger partial charge < -0.3 is 14.6 Å². The molecule has 3 radical (unpaired) electrons. The van der Waals surface area contributed by atoms with E-state index in [0.717, 1.165) is 0 Å². The summed E-state index contributed by atoms with van der Waals surface area (Å²) in [4.78, 5) is 9.67. The molecule has 0 aliphatic carbocycles. The zero-order chi connectivity index (χ0) is 14.7. The van der Waals surface area contributed by atoms with Crippen molar-refractivity contribution >= 4 is 6.47 Å². The van der Waals surface area contributed by atoms with Gasteiger partial charge in [0.25, 0.3) is 0 Å². The van der Waals surface area contributed by atoms with E-state index in [9.17, 15) is 4.79 Å². The molecule has 99 valence electrons. The molecule has 18 heavy (non-hydrogen) atoms. The van der Waals surface area contributed by atoms with Crippen LogP contribution in [0.15, 0.2) is 0 Å². The Balaban J connectivity index is -0.0000000700. The van der Waals surface area contributed by atoms with E-state index in [1.165, 1.54) is 6.47 Å². The van der Waals surface area contributed by atoms with Crippen LogP contribution in [-0.4, -0.2) is 23.8 Å². The van der Waals surface area contributed by atoms with Crippen LogP contribution in [0.3, 0.4) is 0 Å². The number of hydrogen-bond donors (Lipinski definition) is 1. The third-order valence-corrected chi connectivity index (χ3v) is 1.01. The van der Waals surface area contributed by atoms with Gasteiger partial charge in [0.15, 0.2) is 0 Å². The van der Waals surface area contributed by atoms with Gasteiger partial charge in [-0.25, -0.2) is 0 Å². The van der Waals surface area contributed by atoms with Crippen LogP contribution in [0.2, 0.25) is 0 Å². The molecule has 0 aromatic heterocycles. The summed E-state index contributed by atoms with van der Waals surface area (Å²) in [6, 6.07) is 0. The van der Waals surface area contributed by atoms with E-state index in [-0.39, 0.29) is 23.2 Å². The first kappa shape index (κ1) is 30.3. The second kappa shape index (κ2) is 36.0. The minimum absolute atomic E-state index is 0. The molecule has 0 fully saturated rings. The average Bonchev–Trinajstić information content (AvgIpc) is 2.36. The van der Waals surface area contributed by atoms with Crippen molar-refractivity contribution in [3.05, 3.63) is 39.2 Å². The molecular weight excluding hydrogens is 284 g/mol. The average molecular weight is 296 g/mol. The van der Waals surface area contributed by atoms with Crippen LogP contribution >= 0.6 is 0 Å². The van der Waals surface area contributed by atoms with Gasteiger partial charge in [-0.05, 0) is 26.7 Å². The SMILES string of the molecule is C[C@@H](O)[CH][CH][CH][C@H](C)O[C-]=O.[C-]#[O+].[C-]#[O+].[C-]#[O+].[Fe+2]. The normalized spacial score (nSPS) is 9.83. The second-order valence-corrected chi connectivity index (χ2v) is 2.22. The molecule has 0 heterocycles. The molecule has 0 aromatic carbocycles. The summed E-state index contributed by atoms with van der Waals surface area (Å²) < 4.78 is 26.9. The van der Waals surface area contributed by atoms with Crippen molar-refractivity contribution in [1.82, 2.24) is 0 Å². The van der Waals surface area contributed by atoms with Crippen LogP contribution in [-0.2, 0) is 40.6 Å². The first-order valence-corrected chi connectivity index (χ1v) is 4.00. The van der Waals surface area contributed by atoms with Crippen molar-refractivity contribution in [2.45, 2.75) is 26.1 Å². The van der Waals surface area contributed by atoms with Crippen molar-refractivity contribution in [2.24, 2.45) is 0 Å². The predicted molar refractivity (Wildman–Crippen MR) is 52.6 cm³/mol. The maximum atomic E-state index is 9.67. The van der Waals surface area contributed by atoms with Crippen molar-refractivity contribution in [2.75, 3.05) is 0 Å². The quantitative estimate of drug-likeness (QED) is 0.434. The Labute approximate surface area is 118 Å². The van der Waals surface area contributed by atoms with E-state index in [0.29, 0.717) is 0 Å². The zero-order valence-electron chi connectivity index (χ0n) is 9.73. The van der Waals surface area contributed by atoms with E-state index < -0.39 is 6.10 Å². The molecule has 0 aliphatic rings. The van der Waals surface area contributed by atoms with Crippen molar-refractivity contribution in [3.8, 4) is 0 Å². The molecule has 0 rings (SSSR count). The van der Waals surface area contributed by atoms with Gasteiger partial charge in [-0.3, -0.25) is 0 Å². The summed E-state index contributed by atoms with van der Waals surface area (Å²) in [5, 5.41) is 8.77. The Kier molecular flexibility index (Phi) is 60.6. The van der Waals surface area contributed by atoms with E-state index >= 15 is 0 Å². The first-order chi connectivity index (χ1) is 8.16. The largest absolute Gasteiger partial charge is 2.00 e. The number of carbonyl (C=O) groups excluding carboxylic acids is 1. The Morgan fingerprint density at radius 1 is 1.11 bits per heavy atom. The summed E-state index contributed by atoms with van der Waals surface area (Å²) in [6.45, 7) is 18.2. The smallest absolute Gasteiger partial charge is 2.00 e. The molecule has 0 bridgehead atoms. The number of ether oxygens (including phenoxy) is 1. The third kappa shape index (κ3) is 45.6. The topological polar surface area (TPSA) is 106 Å². The molecule has 7 heteroatoms. The fraction of sp³-hybridized carbons (Fsp3) is 0.364. The number of rotatable bonds is 6. The summed E-state index contributed by atoms with van der Waals surface area (Å²) in [5.41, 5.74) is 0. The van der Waals surface area contributed by atoms with E-state index in [2.05, 4.69) is 24.7 Å². The van der Waals surface area contributed by atoms with Crippen molar-refractivity contribution in [1.29, 1.82) is 0 Å². The van der Waals surface area contributed by atoms with Gasteiger partial charge in [0.1, 0.15) is 0 Å². The fourth-order valence-electron chi connectivity index (χ4n) is 0.497. The molecule has 0 saturated heterocycles. The van der Waals surface area contributed by atoms with Crippen LogP contribution in [0.25, 0.3) is 0 Å². The van der Waals surface area contributed by atoms with Crippen LogP contribution in [0.4, 0.5) is 0 Å².